The predicted molar refractivity (Wildman–Crippen MR) is 72.0 cm³/mol. The van der Waals surface area contributed by atoms with Gasteiger partial charge in [0.1, 0.15) is 0 Å². The molecule has 5 heteroatoms. The Hall–Kier alpha value is -0.610. The summed E-state index contributed by atoms with van der Waals surface area (Å²) in [7, 11) is 0. The zero-order valence-electron chi connectivity index (χ0n) is 9.15. The van der Waals surface area contributed by atoms with E-state index in [9.17, 15) is 5.11 Å². The number of aliphatic hydroxyl groups excluding tert-OH is 1. The Bertz CT molecular complexity index is 527. The first-order chi connectivity index (χ1) is 8.06. The molecule has 0 saturated heterocycles. The van der Waals surface area contributed by atoms with Gasteiger partial charge in [-0.2, -0.15) is 0 Å². The maximum atomic E-state index is 10.0. The van der Waals surface area contributed by atoms with Crippen LogP contribution in [0, 0.1) is 6.92 Å². The van der Waals surface area contributed by atoms with E-state index in [2.05, 4.69) is 4.98 Å². The highest BCUT2D eigenvalue weighted by Gasteiger charge is 2.12. The highest BCUT2D eigenvalue weighted by atomic mass is 35.5. The molecule has 2 aromatic rings. The first-order valence-electron chi connectivity index (χ1n) is 5.10. The van der Waals surface area contributed by atoms with Gasteiger partial charge < -0.3 is 5.11 Å². The predicted octanol–water partition coefficient (Wildman–Crippen LogP) is 4.03. The van der Waals surface area contributed by atoms with Crippen LogP contribution in [-0.4, -0.2) is 10.1 Å². The first kappa shape index (κ1) is 12.8. The fraction of sp³-hybridized carbons (Fsp3) is 0.250. The number of nitrogens with zero attached hydrogens (tertiary/aromatic N) is 1. The molecule has 0 amide bonds. The van der Waals surface area contributed by atoms with Crippen LogP contribution in [0.25, 0.3) is 0 Å². The number of halogens is 2. The molecule has 1 aromatic heterocycles. The van der Waals surface area contributed by atoms with Crippen LogP contribution in [0.15, 0.2) is 24.4 Å². The maximum absolute atomic E-state index is 10.0. The highest BCUT2D eigenvalue weighted by Crippen LogP contribution is 2.27. The standard InChI is InChI=1S/C12H11Cl2NOS/c1-7-15-6-12(17-7)11(16)5-8-2-3-9(13)10(14)4-8/h2-4,6,11,16H,5H2,1H3. The Kier molecular flexibility index (Phi) is 4.05. The molecule has 0 spiro atoms. The smallest absolute Gasteiger partial charge is 0.0938 e. The van der Waals surface area contributed by atoms with Crippen LogP contribution in [0.4, 0.5) is 0 Å². The summed E-state index contributed by atoms with van der Waals surface area (Å²) in [6, 6.07) is 5.39. The van der Waals surface area contributed by atoms with Crippen molar-refractivity contribution in [3.05, 3.63) is 49.9 Å². The molecule has 17 heavy (non-hydrogen) atoms. The molecule has 2 rings (SSSR count). The van der Waals surface area contributed by atoms with Crippen LogP contribution < -0.4 is 0 Å². The van der Waals surface area contributed by atoms with E-state index < -0.39 is 6.10 Å². The van der Waals surface area contributed by atoms with Gasteiger partial charge in [-0.25, -0.2) is 4.98 Å². The van der Waals surface area contributed by atoms with Crippen LogP contribution in [0.1, 0.15) is 21.6 Å². The second kappa shape index (κ2) is 5.36. The summed E-state index contributed by atoms with van der Waals surface area (Å²) in [5, 5.41) is 12.0. The van der Waals surface area contributed by atoms with Gasteiger partial charge in [-0.1, -0.05) is 29.3 Å². The molecule has 0 aliphatic heterocycles. The summed E-state index contributed by atoms with van der Waals surface area (Å²) >= 11 is 13.3. The van der Waals surface area contributed by atoms with Gasteiger partial charge in [-0.05, 0) is 24.6 Å². The van der Waals surface area contributed by atoms with Crippen LogP contribution in [0.2, 0.25) is 10.0 Å². The summed E-state index contributed by atoms with van der Waals surface area (Å²) in [5.74, 6) is 0. The average Bonchev–Trinajstić information content (AvgIpc) is 2.70. The van der Waals surface area contributed by atoms with Gasteiger partial charge >= 0.3 is 0 Å². The quantitative estimate of drug-likeness (QED) is 0.924. The molecule has 1 aromatic carbocycles. The molecule has 1 heterocycles. The van der Waals surface area contributed by atoms with E-state index in [1.807, 2.05) is 13.0 Å². The molecule has 1 unspecified atom stereocenters. The third-order valence-corrected chi connectivity index (χ3v) is 4.13. The Morgan fingerprint density at radius 1 is 1.35 bits per heavy atom. The van der Waals surface area contributed by atoms with Crippen molar-refractivity contribution < 1.29 is 5.11 Å². The van der Waals surface area contributed by atoms with Crippen LogP contribution in [-0.2, 0) is 6.42 Å². The van der Waals surface area contributed by atoms with E-state index in [-0.39, 0.29) is 0 Å². The van der Waals surface area contributed by atoms with Crippen LogP contribution >= 0.6 is 34.5 Å². The number of benzene rings is 1. The lowest BCUT2D eigenvalue weighted by Gasteiger charge is -2.08. The third kappa shape index (κ3) is 3.19. The molecular weight excluding hydrogens is 277 g/mol. The summed E-state index contributed by atoms with van der Waals surface area (Å²) in [6.45, 7) is 1.92. The Labute approximate surface area is 114 Å². The van der Waals surface area contributed by atoms with E-state index in [4.69, 9.17) is 23.2 Å². The van der Waals surface area contributed by atoms with E-state index in [1.54, 1.807) is 18.3 Å². The zero-order chi connectivity index (χ0) is 12.4. The molecule has 0 saturated carbocycles. The fourth-order valence-electron chi connectivity index (χ4n) is 1.52. The molecular formula is C12H11Cl2NOS. The van der Waals surface area contributed by atoms with E-state index in [0.717, 1.165) is 15.4 Å². The number of aryl methyl sites for hydroxylation is 1. The summed E-state index contributed by atoms with van der Waals surface area (Å²) in [6.07, 6.45) is 1.68. The number of aromatic nitrogens is 1. The lowest BCUT2D eigenvalue weighted by Crippen LogP contribution is -1.99. The summed E-state index contributed by atoms with van der Waals surface area (Å²) < 4.78 is 0. The van der Waals surface area contributed by atoms with Gasteiger partial charge in [-0.15, -0.1) is 11.3 Å². The van der Waals surface area contributed by atoms with Crippen molar-refractivity contribution in [1.82, 2.24) is 4.98 Å². The van der Waals surface area contributed by atoms with E-state index >= 15 is 0 Å². The number of rotatable bonds is 3. The van der Waals surface area contributed by atoms with Crippen molar-refractivity contribution in [2.75, 3.05) is 0 Å². The minimum atomic E-state index is -0.543. The molecule has 90 valence electrons. The van der Waals surface area contributed by atoms with Gasteiger partial charge in [0.2, 0.25) is 0 Å². The van der Waals surface area contributed by atoms with Crippen molar-refractivity contribution >= 4 is 34.5 Å². The second-order valence-corrected chi connectivity index (χ2v) is 5.83. The van der Waals surface area contributed by atoms with E-state index in [1.165, 1.54) is 11.3 Å². The van der Waals surface area contributed by atoms with Gasteiger partial charge in [-0.3, -0.25) is 0 Å². The molecule has 0 aliphatic carbocycles. The maximum Gasteiger partial charge on any atom is 0.0938 e. The fourth-order valence-corrected chi connectivity index (χ4v) is 2.61. The molecule has 2 nitrogen and oxygen atoms in total. The van der Waals surface area contributed by atoms with Crippen molar-refractivity contribution in [3.8, 4) is 0 Å². The van der Waals surface area contributed by atoms with Crippen molar-refractivity contribution in [3.63, 3.8) is 0 Å². The number of aliphatic hydroxyl groups is 1. The topological polar surface area (TPSA) is 33.1 Å². The monoisotopic (exact) mass is 287 g/mol. The Balaban J connectivity index is 2.12. The van der Waals surface area contributed by atoms with Crippen LogP contribution in [0.5, 0.6) is 0 Å². The van der Waals surface area contributed by atoms with Crippen molar-refractivity contribution in [2.24, 2.45) is 0 Å². The summed E-state index contributed by atoms with van der Waals surface area (Å²) in [4.78, 5) is 4.99. The first-order valence-corrected chi connectivity index (χ1v) is 6.68. The normalized spacial score (nSPS) is 12.7. The molecule has 0 radical (unpaired) electrons. The third-order valence-electron chi connectivity index (χ3n) is 2.38. The number of thiazole rings is 1. The van der Waals surface area contributed by atoms with Crippen molar-refractivity contribution in [2.45, 2.75) is 19.4 Å². The van der Waals surface area contributed by atoms with Crippen LogP contribution in [0.3, 0.4) is 0 Å². The van der Waals surface area contributed by atoms with Crippen molar-refractivity contribution in [1.29, 1.82) is 0 Å². The highest BCUT2D eigenvalue weighted by molar-refractivity contribution is 7.11. The molecule has 0 bridgehead atoms. The number of hydrogen-bond acceptors (Lipinski definition) is 3. The lowest BCUT2D eigenvalue weighted by atomic mass is 10.1. The van der Waals surface area contributed by atoms with Gasteiger partial charge in [0.15, 0.2) is 0 Å². The largest absolute Gasteiger partial charge is 0.387 e. The second-order valence-electron chi connectivity index (χ2n) is 3.75. The molecule has 1 atom stereocenters. The summed E-state index contributed by atoms with van der Waals surface area (Å²) in [5.41, 5.74) is 0.956. The average molecular weight is 288 g/mol. The van der Waals surface area contributed by atoms with Gasteiger partial charge in [0.25, 0.3) is 0 Å². The lowest BCUT2D eigenvalue weighted by molar-refractivity contribution is 0.182. The van der Waals surface area contributed by atoms with Gasteiger partial charge in [0.05, 0.1) is 26.0 Å². The molecule has 1 N–H and O–H groups in total. The number of hydrogen-bond donors (Lipinski definition) is 1. The minimum Gasteiger partial charge on any atom is -0.387 e. The van der Waals surface area contributed by atoms with E-state index in [0.29, 0.717) is 16.5 Å². The molecule has 0 fully saturated rings. The molecule has 0 aliphatic rings. The Morgan fingerprint density at radius 3 is 2.71 bits per heavy atom. The SMILES string of the molecule is Cc1ncc(C(O)Cc2ccc(Cl)c(Cl)c2)s1. The zero-order valence-corrected chi connectivity index (χ0v) is 11.5. The van der Waals surface area contributed by atoms with Gasteiger partial charge in [0, 0.05) is 12.6 Å². The Morgan fingerprint density at radius 2 is 2.12 bits per heavy atom. The minimum absolute atomic E-state index is 0.511.